The van der Waals surface area contributed by atoms with Crippen LogP contribution < -0.4 is 5.32 Å². The number of fused-ring (bicyclic) bond motifs is 1. The van der Waals surface area contributed by atoms with Gasteiger partial charge in [0.15, 0.2) is 11.3 Å². The Morgan fingerprint density at radius 1 is 0.939 bits per heavy atom. The van der Waals surface area contributed by atoms with Crippen molar-refractivity contribution in [3.05, 3.63) is 93.9 Å². The van der Waals surface area contributed by atoms with Crippen molar-refractivity contribution in [3.8, 4) is 22.8 Å². The summed E-state index contributed by atoms with van der Waals surface area (Å²) in [6.07, 6.45) is 0. The van der Waals surface area contributed by atoms with Crippen molar-refractivity contribution in [2.24, 2.45) is 0 Å². The third kappa shape index (κ3) is 4.23. The van der Waals surface area contributed by atoms with Gasteiger partial charge in [0, 0.05) is 16.3 Å². The number of nitrogens with one attached hydrogen (secondary N) is 1. The maximum atomic E-state index is 13.3. The number of benzene rings is 3. The number of carbonyl (C=O) groups excluding carboxylic acids is 1. The molecule has 33 heavy (non-hydrogen) atoms. The van der Waals surface area contributed by atoms with Crippen LogP contribution in [0.5, 0.6) is 0 Å². The van der Waals surface area contributed by atoms with E-state index in [-0.39, 0.29) is 16.7 Å². The molecular weight excluding hydrogens is 466 g/mol. The van der Waals surface area contributed by atoms with Crippen molar-refractivity contribution < 1.29 is 18.0 Å². The molecule has 1 amide bonds. The van der Waals surface area contributed by atoms with Crippen molar-refractivity contribution in [2.75, 3.05) is 5.32 Å². The van der Waals surface area contributed by atoms with Gasteiger partial charge in [-0.25, -0.2) is 9.37 Å². The minimum absolute atomic E-state index is 0.153. The number of hydrogen-bond donors (Lipinski definition) is 1. The topological polar surface area (TPSA) is 68.3 Å². The molecule has 0 atom stereocenters. The summed E-state index contributed by atoms with van der Waals surface area (Å²) >= 11 is 12.3. The number of anilines is 1. The van der Waals surface area contributed by atoms with Gasteiger partial charge in [-0.05, 0) is 67.1 Å². The summed E-state index contributed by atoms with van der Waals surface area (Å²) in [5, 5.41) is 3.60. The molecule has 0 spiro atoms. The van der Waals surface area contributed by atoms with E-state index in [9.17, 15) is 9.18 Å². The van der Waals surface area contributed by atoms with Crippen LogP contribution in [0, 0.1) is 12.7 Å². The van der Waals surface area contributed by atoms with E-state index < -0.39 is 11.7 Å². The highest BCUT2D eigenvalue weighted by molar-refractivity contribution is 6.33. The highest BCUT2D eigenvalue weighted by Gasteiger charge is 2.16. The third-order valence-electron chi connectivity index (χ3n) is 5.09. The van der Waals surface area contributed by atoms with Crippen molar-refractivity contribution in [1.29, 1.82) is 0 Å². The monoisotopic (exact) mass is 480 g/mol. The molecule has 0 bridgehead atoms. The standard InChI is InChI=1S/C25H15Cl2FN2O3/c1-13-2-3-14(10-18(13)26)21-8-9-23(32-21)24(31)29-16-5-7-22-20(12-16)30-25(33-22)17-6-4-15(28)11-19(17)27/h2-12H,1H3,(H,29,31). The van der Waals surface area contributed by atoms with Crippen molar-refractivity contribution in [3.63, 3.8) is 0 Å². The number of aryl methyl sites for hydroxylation is 1. The van der Waals surface area contributed by atoms with Gasteiger partial charge in [0.2, 0.25) is 5.89 Å². The summed E-state index contributed by atoms with van der Waals surface area (Å²) in [5.74, 6) is 0.0852. The van der Waals surface area contributed by atoms with E-state index in [1.54, 1.807) is 36.4 Å². The first-order valence-electron chi connectivity index (χ1n) is 9.91. The van der Waals surface area contributed by atoms with Crippen LogP contribution in [0.2, 0.25) is 10.0 Å². The predicted octanol–water partition coefficient (Wildman–Crippen LogP) is 7.76. The Kier molecular flexibility index (Phi) is 5.40. The minimum atomic E-state index is -0.448. The van der Waals surface area contributed by atoms with Gasteiger partial charge in [0.1, 0.15) is 17.1 Å². The van der Waals surface area contributed by atoms with Crippen LogP contribution in [0.15, 0.2) is 75.6 Å². The molecule has 1 N–H and O–H groups in total. The molecule has 164 valence electrons. The van der Waals surface area contributed by atoms with Crippen molar-refractivity contribution in [1.82, 2.24) is 4.98 Å². The van der Waals surface area contributed by atoms with Crippen LogP contribution in [-0.2, 0) is 0 Å². The smallest absolute Gasteiger partial charge is 0.291 e. The number of nitrogens with zero attached hydrogens (tertiary/aromatic N) is 1. The zero-order valence-corrected chi connectivity index (χ0v) is 18.7. The quantitative estimate of drug-likeness (QED) is 0.285. The zero-order chi connectivity index (χ0) is 23.1. The fourth-order valence-corrected chi connectivity index (χ4v) is 3.77. The molecule has 0 radical (unpaired) electrons. The van der Waals surface area contributed by atoms with Crippen LogP contribution in [-0.4, -0.2) is 10.9 Å². The molecule has 5 nitrogen and oxygen atoms in total. The zero-order valence-electron chi connectivity index (χ0n) is 17.2. The molecule has 0 aliphatic rings. The maximum absolute atomic E-state index is 13.3. The van der Waals surface area contributed by atoms with Gasteiger partial charge in [-0.1, -0.05) is 35.3 Å². The van der Waals surface area contributed by atoms with Crippen molar-refractivity contribution >= 4 is 45.9 Å². The van der Waals surface area contributed by atoms with E-state index in [0.29, 0.717) is 33.1 Å². The average molecular weight is 481 g/mol. The summed E-state index contributed by atoms with van der Waals surface area (Å²) in [6, 6.07) is 17.9. The van der Waals surface area contributed by atoms with Crippen LogP contribution in [0.4, 0.5) is 10.1 Å². The molecule has 5 aromatic rings. The Bertz CT molecular complexity index is 1520. The van der Waals surface area contributed by atoms with Gasteiger partial charge in [-0.15, -0.1) is 0 Å². The lowest BCUT2D eigenvalue weighted by molar-refractivity contribution is 0.0997. The molecule has 0 aliphatic carbocycles. The van der Waals surface area contributed by atoms with Gasteiger partial charge in [-0.3, -0.25) is 4.79 Å². The van der Waals surface area contributed by atoms with E-state index in [2.05, 4.69) is 10.3 Å². The first-order valence-corrected chi connectivity index (χ1v) is 10.7. The van der Waals surface area contributed by atoms with Crippen LogP contribution in [0.1, 0.15) is 16.1 Å². The lowest BCUT2D eigenvalue weighted by atomic mass is 10.1. The Hall–Kier alpha value is -3.61. The fraction of sp³-hybridized carbons (Fsp3) is 0.0400. The largest absolute Gasteiger partial charge is 0.451 e. The van der Waals surface area contributed by atoms with E-state index in [1.807, 2.05) is 19.1 Å². The third-order valence-corrected chi connectivity index (χ3v) is 5.81. The Labute approximate surface area is 197 Å². The SMILES string of the molecule is Cc1ccc(-c2ccc(C(=O)Nc3ccc4oc(-c5ccc(F)cc5Cl)nc4c3)o2)cc1Cl. The molecule has 2 heterocycles. The Morgan fingerprint density at radius 3 is 2.58 bits per heavy atom. The molecule has 0 unspecified atom stereocenters. The highest BCUT2D eigenvalue weighted by Crippen LogP contribution is 2.32. The number of hydrogen-bond acceptors (Lipinski definition) is 4. The first kappa shape index (κ1) is 21.2. The molecule has 2 aromatic heterocycles. The lowest BCUT2D eigenvalue weighted by Gasteiger charge is -2.03. The Morgan fingerprint density at radius 2 is 1.79 bits per heavy atom. The predicted molar refractivity (Wildman–Crippen MR) is 126 cm³/mol. The normalized spacial score (nSPS) is 11.2. The first-order chi connectivity index (χ1) is 15.9. The van der Waals surface area contributed by atoms with Gasteiger partial charge in [0.05, 0.1) is 10.6 Å². The second-order valence-electron chi connectivity index (χ2n) is 7.41. The van der Waals surface area contributed by atoms with Crippen LogP contribution in [0.3, 0.4) is 0 Å². The molecular formula is C25H15Cl2FN2O3. The van der Waals surface area contributed by atoms with Crippen LogP contribution in [0.25, 0.3) is 33.9 Å². The number of rotatable bonds is 4. The van der Waals surface area contributed by atoms with Gasteiger partial charge >= 0.3 is 0 Å². The average Bonchev–Trinajstić information content (AvgIpc) is 3.43. The molecule has 3 aromatic carbocycles. The van der Waals surface area contributed by atoms with Gasteiger partial charge < -0.3 is 14.2 Å². The number of halogens is 3. The second-order valence-corrected chi connectivity index (χ2v) is 8.22. The number of oxazole rings is 1. The molecule has 5 rings (SSSR count). The lowest BCUT2D eigenvalue weighted by Crippen LogP contribution is -2.10. The summed E-state index contributed by atoms with van der Waals surface area (Å²) in [7, 11) is 0. The molecule has 8 heteroatoms. The molecule has 0 fully saturated rings. The Balaban J connectivity index is 1.37. The van der Waals surface area contributed by atoms with Gasteiger partial charge in [-0.2, -0.15) is 0 Å². The van der Waals surface area contributed by atoms with Gasteiger partial charge in [0.25, 0.3) is 5.91 Å². The number of aromatic nitrogens is 1. The number of amides is 1. The summed E-state index contributed by atoms with van der Waals surface area (Å²) in [4.78, 5) is 17.1. The minimum Gasteiger partial charge on any atom is -0.451 e. The summed E-state index contributed by atoms with van der Waals surface area (Å²) in [6.45, 7) is 1.91. The van der Waals surface area contributed by atoms with E-state index in [4.69, 9.17) is 32.0 Å². The number of carbonyl (C=O) groups is 1. The molecule has 0 saturated carbocycles. The number of furan rings is 1. The van der Waals surface area contributed by atoms with E-state index in [0.717, 1.165) is 11.1 Å². The maximum Gasteiger partial charge on any atom is 0.291 e. The molecule has 0 saturated heterocycles. The van der Waals surface area contributed by atoms with E-state index >= 15 is 0 Å². The van der Waals surface area contributed by atoms with Crippen molar-refractivity contribution in [2.45, 2.75) is 6.92 Å². The summed E-state index contributed by atoms with van der Waals surface area (Å²) in [5.41, 5.74) is 3.73. The fourth-order valence-electron chi connectivity index (χ4n) is 3.34. The summed E-state index contributed by atoms with van der Waals surface area (Å²) < 4.78 is 24.8. The molecule has 0 aliphatic heterocycles. The van der Waals surface area contributed by atoms with E-state index in [1.165, 1.54) is 18.2 Å². The highest BCUT2D eigenvalue weighted by atomic mass is 35.5. The second kappa shape index (κ2) is 8.39. The van der Waals surface area contributed by atoms with Crippen LogP contribution >= 0.6 is 23.2 Å².